The maximum atomic E-state index is 11.1. The average Bonchev–Trinajstić information content (AvgIpc) is 2.71. The molecule has 1 heterocycles. The first-order chi connectivity index (χ1) is 14.0. The first-order valence-corrected chi connectivity index (χ1v) is 9.11. The number of hydrogen-bond donors (Lipinski definition) is 2. The number of aromatic nitrogens is 2. The van der Waals surface area contributed by atoms with Crippen LogP contribution in [0.1, 0.15) is 11.1 Å². The number of nitrogens with one attached hydrogen (secondary N) is 2. The summed E-state index contributed by atoms with van der Waals surface area (Å²) in [5.41, 5.74) is 5.02. The van der Waals surface area contributed by atoms with Gasteiger partial charge in [0.25, 0.3) is 5.69 Å². The quantitative estimate of drug-likeness (QED) is 0.341. The molecule has 0 amide bonds. The highest BCUT2D eigenvalue weighted by molar-refractivity contribution is 5.84. The van der Waals surface area contributed by atoms with Crippen LogP contribution in [0.15, 0.2) is 66.7 Å². The third kappa shape index (κ3) is 4.14. The maximum Gasteiger partial charge on any atom is 0.271 e. The van der Waals surface area contributed by atoms with Crippen LogP contribution in [0.25, 0.3) is 11.0 Å². The first kappa shape index (κ1) is 18.4. The number of rotatable bonds is 5. The second-order valence-electron chi connectivity index (χ2n) is 6.83. The Balaban J connectivity index is 1.79. The van der Waals surface area contributed by atoms with Crippen molar-refractivity contribution >= 4 is 39.7 Å². The van der Waals surface area contributed by atoms with E-state index in [1.165, 1.54) is 12.1 Å². The number of nitro groups is 1. The molecule has 1 aromatic heterocycles. The van der Waals surface area contributed by atoms with Gasteiger partial charge in [-0.1, -0.05) is 35.4 Å². The lowest BCUT2D eigenvalue weighted by Crippen LogP contribution is -2.03. The molecule has 0 bridgehead atoms. The van der Waals surface area contributed by atoms with E-state index in [-0.39, 0.29) is 5.69 Å². The van der Waals surface area contributed by atoms with Crippen LogP contribution in [0.4, 0.5) is 28.7 Å². The van der Waals surface area contributed by atoms with Crippen molar-refractivity contribution in [1.29, 1.82) is 0 Å². The van der Waals surface area contributed by atoms with Crippen LogP contribution >= 0.6 is 0 Å². The van der Waals surface area contributed by atoms with Gasteiger partial charge < -0.3 is 10.6 Å². The zero-order chi connectivity index (χ0) is 20.4. The van der Waals surface area contributed by atoms with Crippen molar-refractivity contribution in [2.24, 2.45) is 0 Å². The van der Waals surface area contributed by atoms with Gasteiger partial charge in [-0.05, 0) is 44.2 Å². The van der Waals surface area contributed by atoms with Crippen LogP contribution in [0.5, 0.6) is 0 Å². The largest absolute Gasteiger partial charge is 0.337 e. The van der Waals surface area contributed by atoms with Gasteiger partial charge in [-0.25, -0.2) is 9.97 Å². The van der Waals surface area contributed by atoms with Gasteiger partial charge in [0.05, 0.1) is 16.0 Å². The molecule has 7 nitrogen and oxygen atoms in total. The highest BCUT2D eigenvalue weighted by Gasteiger charge is 2.13. The van der Waals surface area contributed by atoms with E-state index in [1.807, 2.05) is 62.4 Å². The molecule has 144 valence electrons. The number of benzene rings is 3. The van der Waals surface area contributed by atoms with Crippen LogP contribution in [-0.2, 0) is 0 Å². The zero-order valence-corrected chi connectivity index (χ0v) is 16.0. The number of aryl methyl sites for hydroxylation is 2. The summed E-state index contributed by atoms with van der Waals surface area (Å²) in [4.78, 5) is 19.9. The molecule has 0 saturated heterocycles. The topological polar surface area (TPSA) is 93.0 Å². The van der Waals surface area contributed by atoms with Gasteiger partial charge in [-0.2, -0.15) is 0 Å². The molecule has 3 aromatic carbocycles. The maximum absolute atomic E-state index is 11.1. The van der Waals surface area contributed by atoms with E-state index in [1.54, 1.807) is 6.07 Å². The molecule has 2 N–H and O–H groups in total. The molecule has 0 spiro atoms. The summed E-state index contributed by atoms with van der Waals surface area (Å²) < 4.78 is 0. The molecule has 0 aliphatic heterocycles. The molecule has 0 saturated carbocycles. The van der Waals surface area contributed by atoms with Crippen molar-refractivity contribution in [2.75, 3.05) is 10.6 Å². The van der Waals surface area contributed by atoms with E-state index in [9.17, 15) is 10.1 Å². The summed E-state index contributed by atoms with van der Waals surface area (Å²) in [5.74, 6) is 1.03. The summed E-state index contributed by atoms with van der Waals surface area (Å²) in [6.07, 6.45) is 0. The Morgan fingerprint density at radius 1 is 0.724 bits per heavy atom. The Kier molecular flexibility index (Phi) is 4.78. The molecule has 29 heavy (non-hydrogen) atoms. The van der Waals surface area contributed by atoms with Crippen LogP contribution in [0, 0.1) is 24.0 Å². The number of non-ortho nitro benzene ring substituents is 1. The van der Waals surface area contributed by atoms with Gasteiger partial charge in [0.2, 0.25) is 0 Å². The van der Waals surface area contributed by atoms with E-state index in [0.717, 1.165) is 22.5 Å². The monoisotopic (exact) mass is 385 g/mol. The molecule has 0 fully saturated rings. The van der Waals surface area contributed by atoms with Crippen molar-refractivity contribution in [3.63, 3.8) is 0 Å². The normalized spacial score (nSPS) is 10.7. The third-order valence-electron chi connectivity index (χ3n) is 4.49. The number of fused-ring (bicyclic) bond motifs is 1. The summed E-state index contributed by atoms with van der Waals surface area (Å²) in [6, 6.07) is 20.3. The number of nitrogens with zero attached hydrogens (tertiary/aromatic N) is 3. The minimum absolute atomic E-state index is 0.0210. The lowest BCUT2D eigenvalue weighted by Gasteiger charge is -2.14. The number of anilines is 4. The fourth-order valence-corrected chi connectivity index (χ4v) is 2.88. The Morgan fingerprint density at radius 3 is 1.69 bits per heavy atom. The fourth-order valence-electron chi connectivity index (χ4n) is 2.88. The second kappa shape index (κ2) is 7.55. The SMILES string of the molecule is Cc1ccc(Nc2nc3ccc([N+](=O)[O-])cc3nc2Nc2ccc(C)cc2)cc1. The van der Waals surface area contributed by atoms with Crippen LogP contribution in [0.2, 0.25) is 0 Å². The predicted molar refractivity (Wildman–Crippen MR) is 115 cm³/mol. The summed E-state index contributed by atoms with van der Waals surface area (Å²) in [7, 11) is 0. The Hall–Kier alpha value is -4.00. The minimum atomic E-state index is -0.438. The molecule has 4 rings (SSSR count). The molecular weight excluding hydrogens is 366 g/mol. The van der Waals surface area contributed by atoms with Crippen molar-refractivity contribution in [3.05, 3.63) is 88.0 Å². The van der Waals surface area contributed by atoms with Crippen molar-refractivity contribution in [2.45, 2.75) is 13.8 Å². The van der Waals surface area contributed by atoms with E-state index < -0.39 is 4.92 Å². The molecule has 0 aliphatic rings. The first-order valence-electron chi connectivity index (χ1n) is 9.11. The zero-order valence-electron chi connectivity index (χ0n) is 16.0. The van der Waals surface area contributed by atoms with Gasteiger partial charge in [0.15, 0.2) is 11.6 Å². The van der Waals surface area contributed by atoms with Gasteiger partial charge in [0, 0.05) is 23.5 Å². The van der Waals surface area contributed by atoms with E-state index in [4.69, 9.17) is 0 Å². The second-order valence-corrected chi connectivity index (χ2v) is 6.83. The molecule has 0 atom stereocenters. The van der Waals surface area contributed by atoms with Crippen molar-refractivity contribution in [3.8, 4) is 0 Å². The lowest BCUT2D eigenvalue weighted by molar-refractivity contribution is -0.384. The van der Waals surface area contributed by atoms with Gasteiger partial charge in [-0.3, -0.25) is 10.1 Å². The van der Waals surface area contributed by atoms with Gasteiger partial charge in [0.1, 0.15) is 0 Å². The number of hydrogen-bond acceptors (Lipinski definition) is 6. The van der Waals surface area contributed by atoms with Crippen molar-refractivity contribution < 1.29 is 4.92 Å². The van der Waals surface area contributed by atoms with Crippen molar-refractivity contribution in [1.82, 2.24) is 9.97 Å². The van der Waals surface area contributed by atoms with E-state index in [2.05, 4.69) is 20.6 Å². The molecule has 0 aliphatic carbocycles. The predicted octanol–water partition coefficient (Wildman–Crippen LogP) is 5.64. The fraction of sp³-hybridized carbons (Fsp3) is 0.0909. The molecular formula is C22H19N5O2. The van der Waals surface area contributed by atoms with Crippen LogP contribution in [0.3, 0.4) is 0 Å². The standard InChI is InChI=1S/C22H19N5O2/c1-14-3-7-16(8-4-14)23-21-22(24-17-9-5-15(2)6-10-17)26-20-13-18(27(28)29)11-12-19(20)25-21/h3-13H,1-2H3,(H,23,25)(H,24,26). The van der Waals surface area contributed by atoms with E-state index in [0.29, 0.717) is 22.7 Å². The number of nitro benzene ring substituents is 1. The summed E-state index contributed by atoms with van der Waals surface area (Å²) >= 11 is 0. The van der Waals surface area contributed by atoms with Gasteiger partial charge >= 0.3 is 0 Å². The van der Waals surface area contributed by atoms with Crippen LogP contribution < -0.4 is 10.6 Å². The highest BCUT2D eigenvalue weighted by atomic mass is 16.6. The lowest BCUT2D eigenvalue weighted by atomic mass is 10.2. The van der Waals surface area contributed by atoms with E-state index >= 15 is 0 Å². The summed E-state index contributed by atoms with van der Waals surface area (Å²) in [6.45, 7) is 4.04. The van der Waals surface area contributed by atoms with Gasteiger partial charge in [-0.15, -0.1) is 0 Å². The Bertz CT molecular complexity index is 1190. The Labute approximate surface area is 167 Å². The molecule has 4 aromatic rings. The average molecular weight is 385 g/mol. The highest BCUT2D eigenvalue weighted by Crippen LogP contribution is 2.29. The third-order valence-corrected chi connectivity index (χ3v) is 4.49. The summed E-state index contributed by atoms with van der Waals surface area (Å²) in [5, 5.41) is 17.7. The molecule has 7 heteroatoms. The molecule has 0 radical (unpaired) electrons. The van der Waals surface area contributed by atoms with Crippen LogP contribution in [-0.4, -0.2) is 14.9 Å². The smallest absolute Gasteiger partial charge is 0.271 e. The minimum Gasteiger partial charge on any atom is -0.337 e. The molecule has 0 unspecified atom stereocenters. The Morgan fingerprint density at radius 2 is 1.21 bits per heavy atom.